The van der Waals surface area contributed by atoms with Crippen LogP contribution in [0.1, 0.15) is 47.8 Å². The number of nitrogens with two attached hydrogens (primary N) is 1. The lowest BCUT2D eigenvalue weighted by Crippen LogP contribution is -2.14. The Bertz CT molecular complexity index is 1040. The van der Waals surface area contributed by atoms with Gasteiger partial charge in [0.15, 0.2) is 0 Å². The predicted octanol–water partition coefficient (Wildman–Crippen LogP) is 3.40. The first-order chi connectivity index (χ1) is 14.4. The van der Waals surface area contributed by atoms with E-state index in [4.69, 9.17) is 5.73 Å². The van der Waals surface area contributed by atoms with Gasteiger partial charge >= 0.3 is 5.97 Å². The fraction of sp³-hybridized carbons (Fsp3) is 0.333. The zero-order chi connectivity index (χ0) is 21.7. The van der Waals surface area contributed by atoms with Crippen LogP contribution in [0.5, 0.6) is 0 Å². The molecule has 3 aromatic rings. The quantitative estimate of drug-likeness (QED) is 0.531. The first kappa shape index (κ1) is 21.6. The van der Waals surface area contributed by atoms with E-state index in [2.05, 4.69) is 21.4 Å². The number of rotatable bonds is 9. The van der Waals surface area contributed by atoms with Crippen molar-refractivity contribution in [1.29, 1.82) is 0 Å². The number of primary amides is 1. The smallest absolute Gasteiger partial charge is 0.305 e. The molecule has 1 unspecified atom stereocenters. The molecule has 0 saturated carbocycles. The normalized spacial score (nSPS) is 12.1. The van der Waals surface area contributed by atoms with Crippen LogP contribution in [-0.4, -0.2) is 28.7 Å². The molecule has 30 heavy (non-hydrogen) atoms. The van der Waals surface area contributed by atoms with Crippen molar-refractivity contribution >= 4 is 22.8 Å². The van der Waals surface area contributed by atoms with E-state index in [-0.39, 0.29) is 24.7 Å². The lowest BCUT2D eigenvalue weighted by Gasteiger charge is -2.12. The van der Waals surface area contributed by atoms with Crippen LogP contribution in [0.4, 0.5) is 0 Å². The summed E-state index contributed by atoms with van der Waals surface area (Å²) in [5.41, 5.74) is 10.3. The van der Waals surface area contributed by atoms with E-state index in [0.29, 0.717) is 19.4 Å². The number of carbonyl (C=O) groups excluding carboxylic acids is 2. The fourth-order valence-corrected chi connectivity index (χ4v) is 3.85. The van der Waals surface area contributed by atoms with Gasteiger partial charge in [-0.1, -0.05) is 36.4 Å². The molecule has 0 aliphatic carbocycles. The number of aromatic nitrogens is 1. The van der Waals surface area contributed by atoms with Crippen molar-refractivity contribution in [2.75, 3.05) is 7.11 Å². The van der Waals surface area contributed by atoms with Gasteiger partial charge in [0.2, 0.25) is 5.91 Å². The molecule has 0 fully saturated rings. The number of fused-ring (bicyclic) bond motifs is 1. The number of benzene rings is 2. The molecular weight excluding hydrogens is 380 g/mol. The molecule has 2 aromatic carbocycles. The minimum atomic E-state index is -0.696. The Morgan fingerprint density at radius 1 is 1.17 bits per heavy atom. The molecular formula is C24H28N2O4. The summed E-state index contributed by atoms with van der Waals surface area (Å²) in [6, 6.07) is 15.9. The Kier molecular flexibility index (Phi) is 6.90. The molecule has 1 heterocycles. The number of methoxy groups -OCH3 is 1. The topological polar surface area (TPSA) is 94.6 Å². The highest BCUT2D eigenvalue weighted by molar-refractivity contribution is 5.91. The lowest BCUT2D eigenvalue weighted by atomic mass is 10.00. The van der Waals surface area contributed by atoms with Gasteiger partial charge in [-0.3, -0.25) is 9.59 Å². The number of nitrogens with zero attached hydrogens (tertiary/aromatic N) is 1. The van der Waals surface area contributed by atoms with Crippen molar-refractivity contribution in [1.82, 2.24) is 4.57 Å². The molecule has 0 bridgehead atoms. The van der Waals surface area contributed by atoms with Gasteiger partial charge in [-0.25, -0.2) is 0 Å². The van der Waals surface area contributed by atoms with Crippen molar-refractivity contribution in [2.24, 2.45) is 5.73 Å². The molecule has 1 amide bonds. The molecule has 1 atom stereocenters. The van der Waals surface area contributed by atoms with Crippen LogP contribution in [0.3, 0.4) is 0 Å². The summed E-state index contributed by atoms with van der Waals surface area (Å²) in [7, 11) is 1.36. The number of carbonyl (C=O) groups is 2. The Morgan fingerprint density at radius 2 is 1.90 bits per heavy atom. The van der Waals surface area contributed by atoms with Crippen LogP contribution >= 0.6 is 0 Å². The van der Waals surface area contributed by atoms with Gasteiger partial charge in [0, 0.05) is 29.6 Å². The highest BCUT2D eigenvalue weighted by Crippen LogP contribution is 2.31. The van der Waals surface area contributed by atoms with Crippen molar-refractivity contribution < 1.29 is 19.4 Å². The summed E-state index contributed by atoms with van der Waals surface area (Å²) >= 11 is 0. The zero-order valence-electron chi connectivity index (χ0n) is 17.4. The van der Waals surface area contributed by atoms with Gasteiger partial charge in [-0.2, -0.15) is 0 Å². The average molecular weight is 408 g/mol. The van der Waals surface area contributed by atoms with Crippen molar-refractivity contribution in [3.05, 3.63) is 70.9 Å². The standard InChI is InChI=1S/C24H28N2O4/c1-16-19(14-23(25)28)20-13-18(22(27)9-6-10-24(29)30-2)11-12-21(20)26(16)15-17-7-4-3-5-8-17/h3-5,7-8,11-13,22,27H,6,9-10,14-15H2,1-2H3,(H2,25,28). The molecule has 158 valence electrons. The van der Waals surface area contributed by atoms with E-state index >= 15 is 0 Å². The number of esters is 1. The molecule has 1 aromatic heterocycles. The molecule has 0 radical (unpaired) electrons. The van der Waals surface area contributed by atoms with E-state index in [1.807, 2.05) is 43.3 Å². The highest BCUT2D eigenvalue weighted by atomic mass is 16.5. The van der Waals surface area contributed by atoms with Crippen LogP contribution < -0.4 is 5.73 Å². The Labute approximate surface area is 176 Å². The van der Waals surface area contributed by atoms with Crippen LogP contribution in [0, 0.1) is 6.92 Å². The Balaban J connectivity index is 1.94. The molecule has 0 spiro atoms. The maximum Gasteiger partial charge on any atom is 0.305 e. The van der Waals surface area contributed by atoms with Crippen molar-refractivity contribution in [3.8, 4) is 0 Å². The predicted molar refractivity (Wildman–Crippen MR) is 116 cm³/mol. The number of hydrogen-bond acceptors (Lipinski definition) is 4. The Hall–Kier alpha value is -3.12. The number of hydrogen-bond donors (Lipinski definition) is 2. The second-order valence-electron chi connectivity index (χ2n) is 7.54. The third kappa shape index (κ3) is 4.89. The van der Waals surface area contributed by atoms with E-state index in [9.17, 15) is 14.7 Å². The van der Waals surface area contributed by atoms with Gasteiger partial charge in [0.1, 0.15) is 0 Å². The summed E-state index contributed by atoms with van der Waals surface area (Å²) in [5, 5.41) is 11.5. The van der Waals surface area contributed by atoms with Crippen molar-refractivity contribution in [3.63, 3.8) is 0 Å². The van der Waals surface area contributed by atoms with E-state index < -0.39 is 6.10 Å². The summed E-state index contributed by atoms with van der Waals surface area (Å²) < 4.78 is 6.82. The summed E-state index contributed by atoms with van der Waals surface area (Å²) in [5.74, 6) is -0.670. The number of ether oxygens (including phenoxy) is 1. The van der Waals surface area contributed by atoms with Crippen molar-refractivity contribution in [2.45, 2.75) is 45.3 Å². The second-order valence-corrected chi connectivity index (χ2v) is 7.54. The SMILES string of the molecule is COC(=O)CCCC(O)c1ccc2c(c1)c(CC(N)=O)c(C)n2Cc1ccccc1. The monoisotopic (exact) mass is 408 g/mol. The van der Waals surface area contributed by atoms with Crippen LogP contribution in [0.2, 0.25) is 0 Å². The first-order valence-corrected chi connectivity index (χ1v) is 10.1. The molecule has 0 aliphatic heterocycles. The fourth-order valence-electron chi connectivity index (χ4n) is 3.85. The first-order valence-electron chi connectivity index (χ1n) is 10.1. The third-order valence-electron chi connectivity index (χ3n) is 5.48. The second kappa shape index (κ2) is 9.59. The van der Waals surface area contributed by atoms with Gasteiger partial charge in [0.05, 0.1) is 19.6 Å². The zero-order valence-corrected chi connectivity index (χ0v) is 17.4. The van der Waals surface area contributed by atoms with E-state index in [0.717, 1.165) is 33.3 Å². The minimum absolute atomic E-state index is 0.145. The van der Waals surface area contributed by atoms with Crippen LogP contribution in [-0.2, 0) is 27.3 Å². The number of amides is 1. The molecule has 0 saturated heterocycles. The molecule has 0 aliphatic rings. The maximum absolute atomic E-state index is 11.7. The van der Waals surface area contributed by atoms with Gasteiger partial charge < -0.3 is 20.1 Å². The van der Waals surface area contributed by atoms with E-state index in [1.165, 1.54) is 7.11 Å². The van der Waals surface area contributed by atoms with Gasteiger partial charge in [-0.15, -0.1) is 0 Å². The molecule has 3 rings (SSSR count). The average Bonchev–Trinajstić information content (AvgIpc) is 2.99. The third-order valence-corrected chi connectivity index (χ3v) is 5.48. The Morgan fingerprint density at radius 3 is 2.57 bits per heavy atom. The van der Waals surface area contributed by atoms with Crippen LogP contribution in [0.15, 0.2) is 48.5 Å². The highest BCUT2D eigenvalue weighted by Gasteiger charge is 2.18. The largest absolute Gasteiger partial charge is 0.469 e. The van der Waals surface area contributed by atoms with Crippen LogP contribution in [0.25, 0.3) is 10.9 Å². The summed E-state index contributed by atoms with van der Waals surface area (Å²) in [6.45, 7) is 2.68. The molecule has 6 nitrogen and oxygen atoms in total. The van der Waals surface area contributed by atoms with Gasteiger partial charge in [0.25, 0.3) is 0 Å². The minimum Gasteiger partial charge on any atom is -0.469 e. The maximum atomic E-state index is 11.7. The molecule has 6 heteroatoms. The van der Waals surface area contributed by atoms with Gasteiger partial charge in [-0.05, 0) is 48.6 Å². The lowest BCUT2D eigenvalue weighted by molar-refractivity contribution is -0.140. The number of aliphatic hydroxyl groups excluding tert-OH is 1. The number of aliphatic hydroxyl groups is 1. The summed E-state index contributed by atoms with van der Waals surface area (Å²) in [4.78, 5) is 23.0. The molecule has 3 N–H and O–H groups in total. The van der Waals surface area contributed by atoms with E-state index in [1.54, 1.807) is 0 Å². The summed E-state index contributed by atoms with van der Waals surface area (Å²) in [6.07, 6.45) is 0.712.